The molecule has 88 valence electrons. The van der Waals surface area contributed by atoms with Crippen LogP contribution in [-0.2, 0) is 0 Å². The Balaban J connectivity index is 1.88. The van der Waals surface area contributed by atoms with Crippen molar-refractivity contribution in [1.82, 2.24) is 0 Å². The fourth-order valence-corrected chi connectivity index (χ4v) is 3.32. The van der Waals surface area contributed by atoms with Crippen molar-refractivity contribution >= 4 is 23.1 Å². The number of rotatable bonds is 3. The molecule has 1 saturated heterocycles. The second-order valence-corrected chi connectivity index (χ2v) is 5.85. The van der Waals surface area contributed by atoms with Crippen LogP contribution in [0.1, 0.15) is 24.8 Å². The van der Waals surface area contributed by atoms with Crippen LogP contribution in [0.3, 0.4) is 0 Å². The van der Waals surface area contributed by atoms with Gasteiger partial charge in [0.2, 0.25) is 0 Å². The maximum atomic E-state index is 5.73. The number of hydrogen-bond donors (Lipinski definition) is 2. The van der Waals surface area contributed by atoms with Gasteiger partial charge in [0.15, 0.2) is 0 Å². The Kier molecular flexibility index (Phi) is 3.99. The van der Waals surface area contributed by atoms with Crippen LogP contribution in [0.5, 0.6) is 0 Å². The van der Waals surface area contributed by atoms with Gasteiger partial charge in [0.1, 0.15) is 0 Å². The van der Waals surface area contributed by atoms with Crippen molar-refractivity contribution in [3.63, 3.8) is 0 Å². The summed E-state index contributed by atoms with van der Waals surface area (Å²) in [6.07, 6.45) is 4.13. The first kappa shape index (κ1) is 11.6. The highest BCUT2D eigenvalue weighted by Crippen LogP contribution is 2.26. The predicted molar refractivity (Wildman–Crippen MR) is 74.2 cm³/mol. The number of nitrogens with one attached hydrogen (secondary N) is 1. The van der Waals surface area contributed by atoms with E-state index in [-0.39, 0.29) is 0 Å². The number of anilines is 2. The van der Waals surface area contributed by atoms with E-state index in [1.165, 1.54) is 36.3 Å². The Bertz CT molecular complexity index is 346. The van der Waals surface area contributed by atoms with E-state index in [4.69, 9.17) is 5.73 Å². The van der Waals surface area contributed by atoms with E-state index >= 15 is 0 Å². The molecule has 1 unspecified atom stereocenters. The van der Waals surface area contributed by atoms with Crippen LogP contribution >= 0.6 is 11.8 Å². The van der Waals surface area contributed by atoms with Gasteiger partial charge in [0.05, 0.1) is 0 Å². The van der Waals surface area contributed by atoms with E-state index in [1.54, 1.807) is 0 Å². The van der Waals surface area contributed by atoms with E-state index in [0.717, 1.165) is 17.5 Å². The highest BCUT2D eigenvalue weighted by molar-refractivity contribution is 7.99. The molecule has 1 aliphatic rings. The summed E-state index contributed by atoms with van der Waals surface area (Å²) in [5, 5.41) is 4.32. The van der Waals surface area contributed by atoms with Gasteiger partial charge in [-0.2, -0.15) is 11.8 Å². The third-order valence-electron chi connectivity index (χ3n) is 3.04. The molecule has 2 nitrogen and oxygen atoms in total. The van der Waals surface area contributed by atoms with E-state index < -0.39 is 0 Å². The van der Waals surface area contributed by atoms with Gasteiger partial charge in [-0.05, 0) is 49.3 Å². The van der Waals surface area contributed by atoms with Gasteiger partial charge in [0.25, 0.3) is 0 Å². The summed E-state index contributed by atoms with van der Waals surface area (Å²) < 4.78 is 0. The van der Waals surface area contributed by atoms with Crippen LogP contribution in [0, 0.1) is 6.92 Å². The minimum absolute atomic E-state index is 0.783. The molecule has 1 atom stereocenters. The van der Waals surface area contributed by atoms with Crippen molar-refractivity contribution in [2.45, 2.75) is 31.4 Å². The molecule has 1 aromatic rings. The highest BCUT2D eigenvalue weighted by atomic mass is 32.2. The number of nitrogen functional groups attached to an aromatic ring is 1. The minimum atomic E-state index is 0.783. The fourth-order valence-electron chi connectivity index (χ4n) is 2.08. The van der Waals surface area contributed by atoms with E-state index in [2.05, 4.69) is 30.1 Å². The lowest BCUT2D eigenvalue weighted by molar-refractivity contribution is 0.677. The van der Waals surface area contributed by atoms with Gasteiger partial charge in [-0.3, -0.25) is 0 Å². The number of hydrogen-bond acceptors (Lipinski definition) is 3. The topological polar surface area (TPSA) is 38.0 Å². The van der Waals surface area contributed by atoms with Gasteiger partial charge in [-0.1, -0.05) is 6.42 Å². The molecule has 1 fully saturated rings. The molecule has 0 bridgehead atoms. The third-order valence-corrected chi connectivity index (χ3v) is 4.44. The maximum absolute atomic E-state index is 5.73. The summed E-state index contributed by atoms with van der Waals surface area (Å²) in [7, 11) is 0. The third kappa shape index (κ3) is 3.08. The summed E-state index contributed by atoms with van der Waals surface area (Å²) in [5.74, 6) is 1.33. The summed E-state index contributed by atoms with van der Waals surface area (Å²) >= 11 is 2.10. The summed E-state index contributed by atoms with van der Waals surface area (Å²) in [6.45, 7) is 3.18. The van der Waals surface area contributed by atoms with Gasteiger partial charge in [-0.25, -0.2) is 0 Å². The van der Waals surface area contributed by atoms with Crippen molar-refractivity contribution in [2.75, 3.05) is 23.3 Å². The summed E-state index contributed by atoms with van der Waals surface area (Å²) in [6, 6.07) is 6.07. The standard InChI is InChI=1S/C13H20N2S/c1-10-8-11(14)5-6-13(10)15-9-12-4-2-3-7-16-12/h5-6,8,12,15H,2-4,7,9,14H2,1H3. The Morgan fingerprint density at radius 3 is 3.00 bits per heavy atom. The Morgan fingerprint density at radius 2 is 2.31 bits per heavy atom. The van der Waals surface area contributed by atoms with Crippen LogP contribution in [0.15, 0.2) is 18.2 Å². The van der Waals surface area contributed by atoms with E-state index in [0.29, 0.717) is 0 Å². The number of thioether (sulfide) groups is 1. The van der Waals surface area contributed by atoms with Gasteiger partial charge < -0.3 is 11.1 Å². The average molecular weight is 236 g/mol. The lowest BCUT2D eigenvalue weighted by Gasteiger charge is -2.22. The zero-order chi connectivity index (χ0) is 11.4. The van der Waals surface area contributed by atoms with Crippen LogP contribution in [0.25, 0.3) is 0 Å². The molecule has 1 heterocycles. The number of aryl methyl sites for hydroxylation is 1. The lowest BCUT2D eigenvalue weighted by Crippen LogP contribution is -2.20. The molecular weight excluding hydrogens is 216 g/mol. The molecular formula is C13H20N2S. The van der Waals surface area contributed by atoms with Gasteiger partial charge in [0, 0.05) is 23.2 Å². The smallest absolute Gasteiger partial charge is 0.0371 e. The van der Waals surface area contributed by atoms with Crippen LogP contribution in [0.2, 0.25) is 0 Å². The molecule has 0 spiro atoms. The quantitative estimate of drug-likeness (QED) is 0.791. The van der Waals surface area contributed by atoms with Crippen LogP contribution in [0.4, 0.5) is 11.4 Å². The molecule has 0 radical (unpaired) electrons. The fraction of sp³-hybridized carbons (Fsp3) is 0.538. The normalized spacial score (nSPS) is 20.7. The molecule has 16 heavy (non-hydrogen) atoms. The first-order valence-electron chi connectivity index (χ1n) is 5.97. The van der Waals surface area contributed by atoms with Crippen molar-refractivity contribution in [2.24, 2.45) is 0 Å². The average Bonchev–Trinajstić information content (AvgIpc) is 2.29. The molecule has 1 aliphatic heterocycles. The summed E-state index contributed by atoms with van der Waals surface area (Å²) in [4.78, 5) is 0. The molecule has 0 aliphatic carbocycles. The monoisotopic (exact) mass is 236 g/mol. The Labute approximate surface area is 102 Å². The SMILES string of the molecule is Cc1cc(N)ccc1NCC1CCCCS1. The van der Waals surface area contributed by atoms with E-state index in [1.807, 2.05) is 12.1 Å². The van der Waals surface area contributed by atoms with Crippen LogP contribution < -0.4 is 11.1 Å². The van der Waals surface area contributed by atoms with Crippen molar-refractivity contribution in [3.8, 4) is 0 Å². The molecule has 0 saturated carbocycles. The maximum Gasteiger partial charge on any atom is 0.0371 e. The van der Waals surface area contributed by atoms with E-state index in [9.17, 15) is 0 Å². The molecule has 3 heteroatoms. The first-order valence-corrected chi connectivity index (χ1v) is 7.02. The molecule has 3 N–H and O–H groups in total. The first-order chi connectivity index (χ1) is 7.75. The highest BCUT2D eigenvalue weighted by Gasteiger charge is 2.13. The number of nitrogens with two attached hydrogens (primary N) is 1. The van der Waals surface area contributed by atoms with Crippen molar-refractivity contribution < 1.29 is 0 Å². The molecule has 1 aromatic carbocycles. The zero-order valence-corrected chi connectivity index (χ0v) is 10.6. The van der Waals surface area contributed by atoms with Crippen molar-refractivity contribution in [3.05, 3.63) is 23.8 Å². The second kappa shape index (κ2) is 5.48. The zero-order valence-electron chi connectivity index (χ0n) is 9.83. The Morgan fingerprint density at radius 1 is 1.44 bits per heavy atom. The lowest BCUT2D eigenvalue weighted by atomic mass is 10.1. The molecule has 0 aromatic heterocycles. The van der Waals surface area contributed by atoms with Gasteiger partial charge in [-0.15, -0.1) is 0 Å². The molecule has 2 rings (SSSR count). The van der Waals surface area contributed by atoms with Gasteiger partial charge >= 0.3 is 0 Å². The largest absolute Gasteiger partial charge is 0.399 e. The second-order valence-electron chi connectivity index (χ2n) is 4.44. The Hall–Kier alpha value is -0.830. The molecule has 0 amide bonds. The number of benzene rings is 1. The predicted octanol–water partition coefficient (Wildman–Crippen LogP) is 3.27. The van der Waals surface area contributed by atoms with Crippen LogP contribution in [-0.4, -0.2) is 17.5 Å². The van der Waals surface area contributed by atoms with Crippen molar-refractivity contribution in [1.29, 1.82) is 0 Å². The summed E-state index contributed by atoms with van der Waals surface area (Å²) in [5.41, 5.74) is 9.04. The minimum Gasteiger partial charge on any atom is -0.399 e.